The second kappa shape index (κ2) is 4.17. The molecule has 1 aromatic carbocycles. The smallest absolute Gasteiger partial charge is 0.150 e. The summed E-state index contributed by atoms with van der Waals surface area (Å²) in [5.74, 6) is 0.124. The van der Waals surface area contributed by atoms with E-state index in [9.17, 15) is 9.18 Å². The van der Waals surface area contributed by atoms with Crippen LogP contribution in [-0.4, -0.2) is 6.29 Å². The maximum Gasteiger partial charge on any atom is 0.150 e. The number of carbonyl (C=O) groups excluding carboxylic acids is 1. The quantitative estimate of drug-likeness (QED) is 0.654. The molecule has 0 heterocycles. The Kier molecular flexibility index (Phi) is 3.18. The van der Waals surface area contributed by atoms with Crippen LogP contribution in [0.3, 0.4) is 0 Å². The van der Waals surface area contributed by atoms with Crippen LogP contribution in [0.5, 0.6) is 0 Å². The first-order chi connectivity index (χ1) is 6.13. The van der Waals surface area contributed by atoms with E-state index in [-0.39, 0.29) is 5.82 Å². The van der Waals surface area contributed by atoms with Crippen molar-refractivity contribution in [2.24, 2.45) is 5.92 Å². The Morgan fingerprint density at radius 3 is 2.69 bits per heavy atom. The average Bonchev–Trinajstić information content (AvgIpc) is 2.07. The van der Waals surface area contributed by atoms with E-state index in [1.165, 1.54) is 12.1 Å². The topological polar surface area (TPSA) is 17.1 Å². The first-order valence-corrected chi connectivity index (χ1v) is 4.37. The number of benzene rings is 1. The molecule has 13 heavy (non-hydrogen) atoms. The minimum absolute atomic E-state index is 0.352. The molecule has 0 fully saturated rings. The summed E-state index contributed by atoms with van der Waals surface area (Å²) in [5.41, 5.74) is 1.39. The monoisotopic (exact) mass is 180 g/mol. The molecule has 0 unspecified atom stereocenters. The van der Waals surface area contributed by atoms with Crippen molar-refractivity contribution in [1.82, 2.24) is 0 Å². The molecular formula is C11H13FO. The minimum Gasteiger partial charge on any atom is -0.298 e. The third-order valence-electron chi connectivity index (χ3n) is 1.86. The summed E-state index contributed by atoms with van der Waals surface area (Å²) >= 11 is 0. The second-order valence-corrected chi connectivity index (χ2v) is 3.56. The molecule has 0 saturated carbocycles. The van der Waals surface area contributed by atoms with Gasteiger partial charge in [0.1, 0.15) is 12.1 Å². The molecule has 1 nitrogen and oxygen atoms in total. The van der Waals surface area contributed by atoms with E-state index >= 15 is 0 Å². The van der Waals surface area contributed by atoms with Crippen LogP contribution in [0.25, 0.3) is 0 Å². The summed E-state index contributed by atoms with van der Waals surface area (Å²) in [5, 5.41) is 0. The molecular weight excluding hydrogens is 167 g/mol. The van der Waals surface area contributed by atoms with Crippen molar-refractivity contribution in [3.63, 3.8) is 0 Å². The number of hydrogen-bond acceptors (Lipinski definition) is 1. The lowest BCUT2D eigenvalue weighted by molar-refractivity contribution is 0.112. The molecule has 2 heteroatoms. The molecule has 0 saturated heterocycles. The first-order valence-electron chi connectivity index (χ1n) is 4.37. The molecule has 0 aliphatic carbocycles. The number of carbonyl (C=O) groups is 1. The van der Waals surface area contributed by atoms with E-state index in [1.54, 1.807) is 6.07 Å². The summed E-state index contributed by atoms with van der Waals surface area (Å²) in [6, 6.07) is 4.36. The molecule has 0 atom stereocenters. The van der Waals surface area contributed by atoms with Gasteiger partial charge in [-0.25, -0.2) is 4.39 Å². The molecule has 1 rings (SSSR count). The molecule has 0 radical (unpaired) electrons. The van der Waals surface area contributed by atoms with Crippen LogP contribution < -0.4 is 0 Å². The van der Waals surface area contributed by atoms with Gasteiger partial charge in [-0.1, -0.05) is 19.9 Å². The molecule has 0 spiro atoms. The fourth-order valence-corrected chi connectivity index (χ4v) is 1.30. The van der Waals surface area contributed by atoms with Crippen LogP contribution in [0.2, 0.25) is 0 Å². The third-order valence-corrected chi connectivity index (χ3v) is 1.86. The van der Waals surface area contributed by atoms with Crippen molar-refractivity contribution >= 4 is 6.29 Å². The fraction of sp³-hybridized carbons (Fsp3) is 0.364. The van der Waals surface area contributed by atoms with Gasteiger partial charge in [0, 0.05) is 5.56 Å². The molecule has 70 valence electrons. The highest BCUT2D eigenvalue weighted by Crippen LogP contribution is 2.13. The molecule has 0 amide bonds. The van der Waals surface area contributed by atoms with Crippen LogP contribution in [-0.2, 0) is 6.42 Å². The van der Waals surface area contributed by atoms with Gasteiger partial charge < -0.3 is 0 Å². The van der Waals surface area contributed by atoms with Crippen molar-refractivity contribution < 1.29 is 9.18 Å². The predicted octanol–water partition coefficient (Wildman–Crippen LogP) is 2.84. The van der Waals surface area contributed by atoms with Gasteiger partial charge in [0.2, 0.25) is 0 Å². The van der Waals surface area contributed by atoms with Crippen LogP contribution in [0.4, 0.5) is 4.39 Å². The maximum absolute atomic E-state index is 12.7. The van der Waals surface area contributed by atoms with Gasteiger partial charge in [-0.2, -0.15) is 0 Å². The summed E-state index contributed by atoms with van der Waals surface area (Å²) in [6.07, 6.45) is 1.52. The standard InChI is InChI=1S/C11H13FO/c1-8(2)5-9-3-4-11(12)6-10(9)7-13/h3-4,6-8H,5H2,1-2H3. The fourth-order valence-electron chi connectivity index (χ4n) is 1.30. The van der Waals surface area contributed by atoms with Gasteiger partial charge in [0.25, 0.3) is 0 Å². The van der Waals surface area contributed by atoms with Gasteiger partial charge in [0.15, 0.2) is 0 Å². The van der Waals surface area contributed by atoms with E-state index in [2.05, 4.69) is 13.8 Å². The Labute approximate surface area is 77.6 Å². The SMILES string of the molecule is CC(C)Cc1ccc(F)cc1C=O. The zero-order valence-corrected chi connectivity index (χ0v) is 7.88. The highest BCUT2D eigenvalue weighted by atomic mass is 19.1. The zero-order chi connectivity index (χ0) is 9.84. The Bertz CT molecular complexity index is 305. The maximum atomic E-state index is 12.7. The van der Waals surface area contributed by atoms with Gasteiger partial charge in [-0.3, -0.25) is 4.79 Å². The lowest BCUT2D eigenvalue weighted by Gasteiger charge is -2.07. The zero-order valence-electron chi connectivity index (χ0n) is 7.88. The predicted molar refractivity (Wildman–Crippen MR) is 50.3 cm³/mol. The average molecular weight is 180 g/mol. The Morgan fingerprint density at radius 1 is 1.46 bits per heavy atom. The third kappa shape index (κ3) is 2.65. The van der Waals surface area contributed by atoms with Crippen molar-refractivity contribution in [2.45, 2.75) is 20.3 Å². The van der Waals surface area contributed by atoms with Crippen LogP contribution in [0.15, 0.2) is 18.2 Å². The molecule has 0 N–H and O–H groups in total. The second-order valence-electron chi connectivity index (χ2n) is 3.56. The number of halogens is 1. The van der Waals surface area contributed by atoms with Crippen LogP contribution in [0.1, 0.15) is 29.8 Å². The number of hydrogen-bond donors (Lipinski definition) is 0. The van der Waals surface area contributed by atoms with Crippen LogP contribution >= 0.6 is 0 Å². The van der Waals surface area contributed by atoms with Crippen molar-refractivity contribution in [2.75, 3.05) is 0 Å². The van der Waals surface area contributed by atoms with Crippen molar-refractivity contribution in [3.8, 4) is 0 Å². The van der Waals surface area contributed by atoms with E-state index in [0.717, 1.165) is 12.0 Å². The molecule has 0 aliphatic rings. The highest BCUT2D eigenvalue weighted by Gasteiger charge is 2.04. The molecule has 1 aromatic rings. The van der Waals surface area contributed by atoms with Gasteiger partial charge in [-0.15, -0.1) is 0 Å². The summed E-state index contributed by atoms with van der Waals surface area (Å²) < 4.78 is 12.7. The largest absolute Gasteiger partial charge is 0.298 e. The summed E-state index contributed by atoms with van der Waals surface area (Å²) in [7, 11) is 0. The molecule has 0 aromatic heterocycles. The summed E-state index contributed by atoms with van der Waals surface area (Å²) in [4.78, 5) is 10.6. The van der Waals surface area contributed by atoms with Gasteiger partial charge in [0.05, 0.1) is 0 Å². The lowest BCUT2D eigenvalue weighted by atomic mass is 9.98. The Morgan fingerprint density at radius 2 is 2.15 bits per heavy atom. The van der Waals surface area contributed by atoms with Crippen LogP contribution in [0, 0.1) is 11.7 Å². The van der Waals surface area contributed by atoms with Gasteiger partial charge >= 0.3 is 0 Å². The molecule has 0 bridgehead atoms. The normalized spacial score (nSPS) is 10.5. The first kappa shape index (κ1) is 9.90. The Balaban J connectivity index is 2.99. The van der Waals surface area contributed by atoms with Crippen molar-refractivity contribution in [3.05, 3.63) is 35.1 Å². The number of aldehydes is 1. The van der Waals surface area contributed by atoms with E-state index in [0.29, 0.717) is 17.8 Å². The lowest BCUT2D eigenvalue weighted by Crippen LogP contribution is -1.99. The van der Waals surface area contributed by atoms with E-state index in [4.69, 9.17) is 0 Å². The Hall–Kier alpha value is -1.18. The van der Waals surface area contributed by atoms with Crippen molar-refractivity contribution in [1.29, 1.82) is 0 Å². The van der Waals surface area contributed by atoms with E-state index in [1.807, 2.05) is 0 Å². The highest BCUT2D eigenvalue weighted by molar-refractivity contribution is 5.77. The minimum atomic E-state index is -0.352. The molecule has 0 aliphatic heterocycles. The summed E-state index contributed by atoms with van der Waals surface area (Å²) in [6.45, 7) is 4.13. The van der Waals surface area contributed by atoms with E-state index < -0.39 is 0 Å². The van der Waals surface area contributed by atoms with Gasteiger partial charge in [-0.05, 0) is 30.0 Å². The number of rotatable bonds is 3.